The van der Waals surface area contributed by atoms with Crippen LogP contribution in [0.5, 0.6) is 11.5 Å². The number of nitrogens with one attached hydrogen (secondary N) is 1. The van der Waals surface area contributed by atoms with Gasteiger partial charge in [-0.15, -0.1) is 0 Å². The van der Waals surface area contributed by atoms with Gasteiger partial charge in [-0.3, -0.25) is 0 Å². The van der Waals surface area contributed by atoms with Gasteiger partial charge in [-0.25, -0.2) is 14.0 Å². The second kappa shape index (κ2) is 9.45. The van der Waals surface area contributed by atoms with E-state index in [1.165, 1.54) is 21.3 Å². The maximum Gasteiger partial charge on any atom is 0.337 e. The first-order chi connectivity index (χ1) is 13.8. The number of alkyl halides is 1. The van der Waals surface area contributed by atoms with Gasteiger partial charge >= 0.3 is 11.9 Å². The van der Waals surface area contributed by atoms with E-state index in [0.717, 1.165) is 0 Å². The Morgan fingerprint density at radius 1 is 1.10 bits per heavy atom. The molecule has 1 unspecified atom stereocenters. The molecule has 1 aliphatic rings. The summed E-state index contributed by atoms with van der Waals surface area (Å²) in [6, 6.07) is 5.07. The molecule has 0 bridgehead atoms. The largest absolute Gasteiger partial charge is 0.493 e. The molecule has 0 spiro atoms. The Labute approximate surface area is 169 Å². The SMILES string of the molecule is COC(=O)C1=C(CF)NC(C)=C(C(=O)OC(C)C)C1c1cccc(OC)c1OC. The van der Waals surface area contributed by atoms with Crippen LogP contribution in [0.4, 0.5) is 4.39 Å². The Bertz CT molecular complexity index is 859. The van der Waals surface area contributed by atoms with Crippen LogP contribution in [0.3, 0.4) is 0 Å². The second-order valence-corrected chi connectivity index (χ2v) is 6.65. The van der Waals surface area contributed by atoms with E-state index in [4.69, 9.17) is 18.9 Å². The van der Waals surface area contributed by atoms with Crippen LogP contribution in [0.25, 0.3) is 0 Å². The van der Waals surface area contributed by atoms with E-state index in [1.54, 1.807) is 39.0 Å². The van der Waals surface area contributed by atoms with Crippen molar-refractivity contribution in [3.05, 3.63) is 46.3 Å². The van der Waals surface area contributed by atoms with Gasteiger partial charge < -0.3 is 24.3 Å². The van der Waals surface area contributed by atoms with Crippen molar-refractivity contribution in [2.45, 2.75) is 32.8 Å². The first-order valence-electron chi connectivity index (χ1n) is 9.07. The van der Waals surface area contributed by atoms with Crippen molar-refractivity contribution in [3.63, 3.8) is 0 Å². The molecule has 8 heteroatoms. The molecule has 0 saturated heterocycles. The lowest BCUT2D eigenvalue weighted by Crippen LogP contribution is -2.34. The zero-order chi connectivity index (χ0) is 21.7. The number of hydrogen-bond acceptors (Lipinski definition) is 7. The molecule has 0 fully saturated rings. The number of esters is 2. The molecule has 29 heavy (non-hydrogen) atoms. The monoisotopic (exact) mass is 407 g/mol. The van der Waals surface area contributed by atoms with Gasteiger partial charge in [0.2, 0.25) is 0 Å². The van der Waals surface area contributed by atoms with Gasteiger partial charge in [-0.2, -0.15) is 0 Å². The number of rotatable bonds is 7. The molecule has 0 aromatic heterocycles. The fourth-order valence-electron chi connectivity index (χ4n) is 3.35. The molecule has 1 N–H and O–H groups in total. The fourth-order valence-corrected chi connectivity index (χ4v) is 3.35. The van der Waals surface area contributed by atoms with E-state index in [9.17, 15) is 14.0 Å². The number of halogens is 1. The number of carbonyl (C=O) groups excluding carboxylic acids is 2. The van der Waals surface area contributed by atoms with Gasteiger partial charge in [0.25, 0.3) is 0 Å². The molecule has 0 aliphatic carbocycles. The third-order valence-electron chi connectivity index (χ3n) is 4.49. The van der Waals surface area contributed by atoms with Gasteiger partial charge in [0, 0.05) is 11.3 Å². The van der Waals surface area contributed by atoms with Gasteiger partial charge in [0.1, 0.15) is 6.67 Å². The Morgan fingerprint density at radius 3 is 2.31 bits per heavy atom. The highest BCUT2D eigenvalue weighted by Gasteiger charge is 2.40. The first kappa shape index (κ1) is 22.3. The highest BCUT2D eigenvalue weighted by molar-refractivity contribution is 6.00. The van der Waals surface area contributed by atoms with Crippen molar-refractivity contribution in [1.82, 2.24) is 5.32 Å². The minimum atomic E-state index is -0.967. The number of dihydropyridines is 1. The van der Waals surface area contributed by atoms with Crippen LogP contribution in [0.15, 0.2) is 40.7 Å². The smallest absolute Gasteiger partial charge is 0.337 e. The molecule has 1 atom stereocenters. The third-order valence-corrected chi connectivity index (χ3v) is 4.49. The predicted molar refractivity (Wildman–Crippen MR) is 104 cm³/mol. The van der Waals surface area contributed by atoms with Crippen molar-refractivity contribution in [3.8, 4) is 11.5 Å². The standard InChI is InChI=1S/C21H26FNO6/c1-11(2)29-21(25)16-12(3)23-14(10-22)18(20(24)28-6)17(16)13-8-7-9-15(26-4)19(13)27-5/h7-9,11,17,23H,10H2,1-6H3. The Morgan fingerprint density at radius 2 is 1.79 bits per heavy atom. The molecule has 1 aromatic rings. The molecule has 1 heterocycles. The minimum Gasteiger partial charge on any atom is -0.493 e. The van der Waals surface area contributed by atoms with Crippen LogP contribution in [-0.4, -0.2) is 46.0 Å². The summed E-state index contributed by atoms with van der Waals surface area (Å²) in [6.07, 6.45) is -0.385. The van der Waals surface area contributed by atoms with E-state index in [0.29, 0.717) is 22.8 Å². The molecule has 7 nitrogen and oxygen atoms in total. The van der Waals surface area contributed by atoms with Crippen molar-refractivity contribution < 1.29 is 32.9 Å². The summed E-state index contributed by atoms with van der Waals surface area (Å²) < 4.78 is 35.0. The number of benzene rings is 1. The summed E-state index contributed by atoms with van der Waals surface area (Å²) >= 11 is 0. The summed E-state index contributed by atoms with van der Waals surface area (Å²) in [5.41, 5.74) is 0.997. The number of carbonyl (C=O) groups is 2. The summed E-state index contributed by atoms with van der Waals surface area (Å²) in [6.45, 7) is 4.11. The zero-order valence-corrected chi connectivity index (χ0v) is 17.4. The van der Waals surface area contributed by atoms with Crippen LogP contribution >= 0.6 is 0 Å². The van der Waals surface area contributed by atoms with E-state index >= 15 is 0 Å². The Hall–Kier alpha value is -3.03. The number of para-hydroxylation sites is 1. The van der Waals surface area contributed by atoms with Gasteiger partial charge in [-0.05, 0) is 26.8 Å². The van der Waals surface area contributed by atoms with E-state index in [-0.39, 0.29) is 22.9 Å². The number of allylic oxidation sites excluding steroid dienone is 2. The van der Waals surface area contributed by atoms with E-state index in [1.807, 2.05) is 0 Å². The summed E-state index contributed by atoms with van der Waals surface area (Å²) in [5.74, 6) is -1.62. The summed E-state index contributed by atoms with van der Waals surface area (Å²) in [5, 5.41) is 2.81. The topological polar surface area (TPSA) is 83.1 Å². The highest BCUT2D eigenvalue weighted by Crippen LogP contribution is 2.45. The fraction of sp³-hybridized carbons (Fsp3) is 0.429. The van der Waals surface area contributed by atoms with Crippen molar-refractivity contribution in [1.29, 1.82) is 0 Å². The normalized spacial score (nSPS) is 16.5. The molecule has 158 valence electrons. The zero-order valence-electron chi connectivity index (χ0n) is 17.4. The maximum absolute atomic E-state index is 13.8. The van der Waals surface area contributed by atoms with Gasteiger partial charge in [-0.1, -0.05) is 12.1 Å². The molecule has 0 amide bonds. The molecular formula is C21H26FNO6. The van der Waals surface area contributed by atoms with Gasteiger partial charge in [0.05, 0.1) is 50.2 Å². The molecule has 1 aromatic carbocycles. The van der Waals surface area contributed by atoms with Crippen molar-refractivity contribution >= 4 is 11.9 Å². The minimum absolute atomic E-state index is 0.0188. The van der Waals surface area contributed by atoms with Crippen LogP contribution in [-0.2, 0) is 19.1 Å². The molecule has 0 radical (unpaired) electrons. The van der Waals surface area contributed by atoms with Crippen LogP contribution in [0.1, 0.15) is 32.3 Å². The summed E-state index contributed by atoms with van der Waals surface area (Å²) in [7, 11) is 4.12. The Balaban J connectivity index is 2.82. The van der Waals surface area contributed by atoms with Crippen molar-refractivity contribution in [2.75, 3.05) is 28.0 Å². The number of hydrogen-bond donors (Lipinski definition) is 1. The van der Waals surface area contributed by atoms with Crippen LogP contribution in [0.2, 0.25) is 0 Å². The number of methoxy groups -OCH3 is 3. The van der Waals surface area contributed by atoms with E-state index < -0.39 is 24.5 Å². The molecule has 0 saturated carbocycles. The lowest BCUT2D eigenvalue weighted by Gasteiger charge is -2.31. The number of ether oxygens (including phenoxy) is 4. The molecular weight excluding hydrogens is 381 g/mol. The average Bonchev–Trinajstić information content (AvgIpc) is 2.70. The highest BCUT2D eigenvalue weighted by atomic mass is 19.1. The summed E-state index contributed by atoms with van der Waals surface area (Å²) in [4.78, 5) is 25.6. The van der Waals surface area contributed by atoms with E-state index in [2.05, 4.69) is 5.32 Å². The van der Waals surface area contributed by atoms with Crippen molar-refractivity contribution in [2.24, 2.45) is 0 Å². The quantitative estimate of drug-likeness (QED) is 0.696. The third kappa shape index (κ3) is 4.36. The Kier molecular flexibility index (Phi) is 7.25. The van der Waals surface area contributed by atoms with Gasteiger partial charge in [0.15, 0.2) is 11.5 Å². The first-order valence-corrected chi connectivity index (χ1v) is 9.07. The van der Waals surface area contributed by atoms with Crippen LogP contribution < -0.4 is 14.8 Å². The lowest BCUT2D eigenvalue weighted by atomic mass is 9.79. The molecule has 2 rings (SSSR count). The molecule has 1 aliphatic heterocycles. The average molecular weight is 407 g/mol. The van der Waals surface area contributed by atoms with Crippen LogP contribution in [0, 0.1) is 0 Å². The predicted octanol–water partition coefficient (Wildman–Crippen LogP) is 3.01. The maximum atomic E-state index is 13.8. The second-order valence-electron chi connectivity index (χ2n) is 6.65. The lowest BCUT2D eigenvalue weighted by molar-refractivity contribution is -0.143.